The smallest absolute Gasteiger partial charge is 0.308 e. The molecule has 0 aliphatic carbocycles. The average Bonchev–Trinajstić information content (AvgIpc) is 3.13. The molecule has 0 radical (unpaired) electrons. The van der Waals surface area contributed by atoms with E-state index in [1.807, 2.05) is 18.2 Å². The predicted molar refractivity (Wildman–Crippen MR) is 69.1 cm³/mol. The van der Waals surface area contributed by atoms with Gasteiger partial charge < -0.3 is 24.3 Å². The first-order valence-corrected chi connectivity index (χ1v) is 6.36. The van der Waals surface area contributed by atoms with Crippen LogP contribution >= 0.6 is 0 Å². The molecule has 110 valence electrons. The number of aliphatic hydroxyl groups excluding tert-OH is 1. The molecule has 1 aliphatic heterocycles. The molecule has 0 spiro atoms. The van der Waals surface area contributed by atoms with Crippen molar-refractivity contribution in [3.63, 3.8) is 0 Å². The predicted octanol–water partition coefficient (Wildman–Crippen LogP) is 0.111. The van der Waals surface area contributed by atoms with Crippen molar-refractivity contribution < 1.29 is 23.8 Å². The Labute approximate surface area is 119 Å². The van der Waals surface area contributed by atoms with Gasteiger partial charge in [0.2, 0.25) is 12.7 Å². The van der Waals surface area contributed by atoms with Crippen LogP contribution in [0.3, 0.4) is 0 Å². The summed E-state index contributed by atoms with van der Waals surface area (Å²) in [7, 11) is 0. The van der Waals surface area contributed by atoms with Crippen LogP contribution in [0.15, 0.2) is 22.6 Å². The molecule has 3 rings (SSSR count). The number of fused-ring (bicyclic) bond motifs is 1. The fraction of sp³-hybridized carbons (Fsp3) is 0.308. The minimum atomic E-state index is -0.506. The largest absolute Gasteiger partial charge is 0.454 e. The van der Waals surface area contributed by atoms with Gasteiger partial charge in [-0.1, -0.05) is 6.07 Å². The molecular weight excluding hydrogens is 278 g/mol. The first-order valence-electron chi connectivity index (χ1n) is 6.36. The summed E-state index contributed by atoms with van der Waals surface area (Å²) in [5.74, 6) is 1.07. The lowest BCUT2D eigenvalue weighted by molar-refractivity contribution is 0.0908. The fourth-order valence-electron chi connectivity index (χ4n) is 1.89. The highest BCUT2D eigenvalue weighted by molar-refractivity contribution is 5.89. The zero-order chi connectivity index (χ0) is 14.7. The van der Waals surface area contributed by atoms with Crippen LogP contribution in [0.25, 0.3) is 0 Å². The number of aromatic nitrogens is 2. The van der Waals surface area contributed by atoms with Crippen LogP contribution in [0.4, 0.5) is 0 Å². The lowest BCUT2D eigenvalue weighted by Gasteiger charge is -2.00. The van der Waals surface area contributed by atoms with Crippen LogP contribution in [0.5, 0.6) is 11.5 Å². The minimum absolute atomic E-state index is 0.126. The Balaban J connectivity index is 1.68. The third-order valence-corrected chi connectivity index (χ3v) is 2.85. The summed E-state index contributed by atoms with van der Waals surface area (Å²) in [6.07, 6.45) is 0.386. The number of ether oxygens (including phenoxy) is 2. The van der Waals surface area contributed by atoms with Crippen LogP contribution in [0, 0.1) is 0 Å². The van der Waals surface area contributed by atoms with Gasteiger partial charge in [0.05, 0.1) is 13.0 Å². The van der Waals surface area contributed by atoms with Gasteiger partial charge >= 0.3 is 11.8 Å². The minimum Gasteiger partial charge on any atom is -0.454 e. The number of carbonyl (C=O) groups is 1. The van der Waals surface area contributed by atoms with Crippen molar-refractivity contribution in [2.24, 2.45) is 0 Å². The third kappa shape index (κ3) is 2.95. The average molecular weight is 291 g/mol. The van der Waals surface area contributed by atoms with Gasteiger partial charge in [0.15, 0.2) is 11.5 Å². The van der Waals surface area contributed by atoms with Crippen molar-refractivity contribution in [2.45, 2.75) is 6.42 Å². The Morgan fingerprint density at radius 2 is 2.14 bits per heavy atom. The van der Waals surface area contributed by atoms with E-state index in [1.165, 1.54) is 0 Å². The van der Waals surface area contributed by atoms with E-state index < -0.39 is 5.91 Å². The second kappa shape index (κ2) is 5.80. The Bertz CT molecular complexity index is 655. The molecule has 2 N–H and O–H groups in total. The number of amides is 1. The quantitative estimate of drug-likeness (QED) is 0.805. The fourth-order valence-corrected chi connectivity index (χ4v) is 1.89. The van der Waals surface area contributed by atoms with Gasteiger partial charge in [-0.3, -0.25) is 4.79 Å². The van der Waals surface area contributed by atoms with Crippen molar-refractivity contribution in [3.05, 3.63) is 35.5 Å². The molecule has 0 unspecified atom stereocenters. The van der Waals surface area contributed by atoms with Crippen molar-refractivity contribution >= 4 is 5.91 Å². The van der Waals surface area contributed by atoms with Gasteiger partial charge in [-0.05, 0) is 17.7 Å². The SMILES string of the molecule is O=C(NCCO)c1nnc(Cc2ccc3c(c2)OCO3)o1. The maximum Gasteiger partial charge on any atom is 0.308 e. The van der Waals surface area contributed by atoms with E-state index in [0.29, 0.717) is 23.8 Å². The second-order valence-electron chi connectivity index (χ2n) is 4.34. The molecule has 0 saturated carbocycles. The van der Waals surface area contributed by atoms with Gasteiger partial charge in [0, 0.05) is 6.54 Å². The second-order valence-corrected chi connectivity index (χ2v) is 4.34. The number of nitrogens with zero attached hydrogens (tertiary/aromatic N) is 2. The molecule has 2 heterocycles. The molecule has 1 amide bonds. The summed E-state index contributed by atoms with van der Waals surface area (Å²) < 4.78 is 15.8. The van der Waals surface area contributed by atoms with E-state index in [9.17, 15) is 4.79 Å². The highest BCUT2D eigenvalue weighted by Gasteiger charge is 2.17. The van der Waals surface area contributed by atoms with Crippen molar-refractivity contribution in [1.29, 1.82) is 0 Å². The molecule has 1 aliphatic rings. The van der Waals surface area contributed by atoms with Gasteiger partial charge in [-0.15, -0.1) is 10.2 Å². The summed E-state index contributed by atoms with van der Waals surface area (Å²) in [5, 5.41) is 18.6. The molecule has 0 atom stereocenters. The Morgan fingerprint density at radius 3 is 3.00 bits per heavy atom. The van der Waals surface area contributed by atoms with Crippen molar-refractivity contribution in [2.75, 3.05) is 19.9 Å². The summed E-state index contributed by atoms with van der Waals surface area (Å²) in [4.78, 5) is 11.6. The maximum absolute atomic E-state index is 11.6. The topological polar surface area (TPSA) is 107 Å². The van der Waals surface area contributed by atoms with E-state index in [1.54, 1.807) is 0 Å². The monoisotopic (exact) mass is 291 g/mol. The van der Waals surface area contributed by atoms with Crippen LogP contribution in [0.2, 0.25) is 0 Å². The van der Waals surface area contributed by atoms with E-state index >= 15 is 0 Å². The Hall–Kier alpha value is -2.61. The molecule has 0 saturated heterocycles. The Kier molecular flexibility index (Phi) is 3.69. The molecule has 21 heavy (non-hydrogen) atoms. The number of nitrogens with one attached hydrogen (secondary N) is 1. The molecule has 0 bridgehead atoms. The normalized spacial score (nSPS) is 12.4. The van der Waals surface area contributed by atoms with E-state index in [-0.39, 0.29) is 25.8 Å². The standard InChI is InChI=1S/C13H13N3O5/c17-4-3-14-12(18)13-16-15-11(21-13)6-8-1-2-9-10(5-8)20-7-19-9/h1-2,5,17H,3-4,6-7H2,(H,14,18). The zero-order valence-corrected chi connectivity index (χ0v) is 11.0. The number of benzene rings is 1. The summed E-state index contributed by atoms with van der Waals surface area (Å²) in [5.41, 5.74) is 0.908. The van der Waals surface area contributed by atoms with Crippen LogP contribution < -0.4 is 14.8 Å². The lowest BCUT2D eigenvalue weighted by Crippen LogP contribution is -2.26. The molecule has 8 heteroatoms. The number of rotatable bonds is 5. The van der Waals surface area contributed by atoms with Crippen LogP contribution in [-0.2, 0) is 6.42 Å². The first kappa shape index (κ1) is 13.4. The molecular formula is C13H13N3O5. The molecule has 1 aromatic carbocycles. The Morgan fingerprint density at radius 1 is 1.29 bits per heavy atom. The van der Waals surface area contributed by atoms with Gasteiger partial charge in [-0.2, -0.15) is 0 Å². The van der Waals surface area contributed by atoms with Crippen LogP contribution in [-0.4, -0.2) is 41.2 Å². The molecule has 0 fully saturated rings. The highest BCUT2D eigenvalue weighted by atomic mass is 16.7. The molecule has 2 aromatic rings. The number of hydrogen-bond acceptors (Lipinski definition) is 7. The number of hydrogen-bond donors (Lipinski definition) is 2. The lowest BCUT2D eigenvalue weighted by atomic mass is 10.1. The number of carbonyl (C=O) groups excluding carboxylic acids is 1. The third-order valence-electron chi connectivity index (χ3n) is 2.85. The van der Waals surface area contributed by atoms with Crippen LogP contribution in [0.1, 0.15) is 22.1 Å². The van der Waals surface area contributed by atoms with Gasteiger partial charge in [0.1, 0.15) is 0 Å². The number of aliphatic hydroxyl groups is 1. The maximum atomic E-state index is 11.6. The van der Waals surface area contributed by atoms with Gasteiger partial charge in [-0.25, -0.2) is 0 Å². The summed E-state index contributed by atoms with van der Waals surface area (Å²) in [6.45, 7) is 0.206. The molecule has 1 aromatic heterocycles. The van der Waals surface area contributed by atoms with Crippen molar-refractivity contribution in [1.82, 2.24) is 15.5 Å². The zero-order valence-electron chi connectivity index (χ0n) is 11.0. The first-order chi connectivity index (χ1) is 10.3. The van der Waals surface area contributed by atoms with Gasteiger partial charge in [0.25, 0.3) is 0 Å². The van der Waals surface area contributed by atoms with Crippen molar-refractivity contribution in [3.8, 4) is 11.5 Å². The summed E-state index contributed by atoms with van der Waals surface area (Å²) in [6, 6.07) is 5.50. The van der Waals surface area contributed by atoms with E-state index in [0.717, 1.165) is 5.56 Å². The highest BCUT2D eigenvalue weighted by Crippen LogP contribution is 2.32. The van der Waals surface area contributed by atoms with E-state index in [2.05, 4.69) is 15.5 Å². The summed E-state index contributed by atoms with van der Waals surface area (Å²) >= 11 is 0. The molecule has 8 nitrogen and oxygen atoms in total. The van der Waals surface area contributed by atoms with E-state index in [4.69, 9.17) is 19.0 Å².